The van der Waals surface area contributed by atoms with E-state index in [1.807, 2.05) is 31.2 Å². The van der Waals surface area contributed by atoms with E-state index in [-0.39, 0.29) is 0 Å². The minimum atomic E-state index is 0.846. The summed E-state index contributed by atoms with van der Waals surface area (Å²) in [6, 6.07) is 17.2. The van der Waals surface area contributed by atoms with Gasteiger partial charge in [0.15, 0.2) is 0 Å². The van der Waals surface area contributed by atoms with Crippen molar-refractivity contribution in [3.63, 3.8) is 0 Å². The van der Waals surface area contributed by atoms with Gasteiger partial charge in [0, 0.05) is 12.1 Å². The van der Waals surface area contributed by atoms with Gasteiger partial charge in [-0.25, -0.2) is 0 Å². The molecule has 0 saturated heterocycles. The average Bonchev–Trinajstić information content (AvgIpc) is 2.89. The third-order valence-electron chi connectivity index (χ3n) is 5.39. The molecule has 3 N–H and O–H groups in total. The van der Waals surface area contributed by atoms with Gasteiger partial charge in [-0.1, -0.05) is 113 Å². The zero-order valence-corrected chi connectivity index (χ0v) is 21.4. The number of benzene rings is 2. The molecule has 2 aromatic rings. The molecule has 0 fully saturated rings. The van der Waals surface area contributed by atoms with Gasteiger partial charge in [-0.3, -0.25) is 0 Å². The summed E-state index contributed by atoms with van der Waals surface area (Å²) in [5.41, 5.74) is 7.59. The van der Waals surface area contributed by atoms with Crippen molar-refractivity contribution in [1.29, 1.82) is 0 Å². The number of rotatable bonds is 13. The molecule has 2 nitrogen and oxygen atoms in total. The summed E-state index contributed by atoms with van der Waals surface area (Å²) in [5.74, 6) is 0. The summed E-state index contributed by atoms with van der Waals surface area (Å²) in [6.45, 7) is 19.5. The molecule has 0 aromatic heterocycles. The number of hydrogen-bond acceptors (Lipinski definition) is 1. The second kappa shape index (κ2) is 18.1. The van der Waals surface area contributed by atoms with Crippen molar-refractivity contribution in [2.75, 3.05) is 0 Å². The Bertz CT molecular complexity index is 942. The van der Waals surface area contributed by atoms with Gasteiger partial charge in [-0.05, 0) is 59.9 Å². The van der Waals surface area contributed by atoms with Crippen LogP contribution >= 0.6 is 0 Å². The average molecular weight is 456 g/mol. The summed E-state index contributed by atoms with van der Waals surface area (Å²) in [6.07, 6.45) is 17.2. The maximum absolute atomic E-state index is 3.81. The molecule has 0 spiro atoms. The van der Waals surface area contributed by atoms with Crippen molar-refractivity contribution < 1.29 is 5.32 Å². The molecule has 0 bridgehead atoms. The molecule has 0 radical (unpaired) electrons. The van der Waals surface area contributed by atoms with Crippen LogP contribution in [0.4, 0.5) is 0 Å². The summed E-state index contributed by atoms with van der Waals surface area (Å²) < 4.78 is 0. The SMILES string of the molecule is C=C/C(=C/NCc1ccc(C=C)cc1)CCC.C=CC(/C=C\[NH2+]Cc1ccc(CC)cc1)=C/C. The molecule has 180 valence electrons. The van der Waals surface area contributed by atoms with Crippen molar-refractivity contribution in [3.8, 4) is 0 Å². The largest absolute Gasteiger partial charge is 0.387 e. The van der Waals surface area contributed by atoms with E-state index in [4.69, 9.17) is 0 Å². The van der Waals surface area contributed by atoms with E-state index in [1.165, 1.54) is 22.3 Å². The van der Waals surface area contributed by atoms with Crippen molar-refractivity contribution in [3.05, 3.63) is 138 Å². The molecule has 34 heavy (non-hydrogen) atoms. The number of allylic oxidation sites excluding steroid dienone is 6. The first-order valence-corrected chi connectivity index (χ1v) is 12.2. The normalized spacial score (nSPS) is 11.5. The number of quaternary nitrogens is 1. The second-order valence-electron chi connectivity index (χ2n) is 7.96. The maximum Gasteiger partial charge on any atom is 0.105 e. The smallest absolute Gasteiger partial charge is 0.105 e. The Kier molecular flexibility index (Phi) is 15.3. The van der Waals surface area contributed by atoms with E-state index in [9.17, 15) is 0 Å². The van der Waals surface area contributed by atoms with Gasteiger partial charge in [0.05, 0.1) is 6.20 Å². The van der Waals surface area contributed by atoms with Crippen molar-refractivity contribution in [2.24, 2.45) is 0 Å². The first-order valence-electron chi connectivity index (χ1n) is 12.2. The lowest BCUT2D eigenvalue weighted by atomic mass is 10.1. The Morgan fingerprint density at radius 1 is 0.882 bits per heavy atom. The van der Waals surface area contributed by atoms with Crippen LogP contribution in [0.25, 0.3) is 6.08 Å². The van der Waals surface area contributed by atoms with Crippen LogP contribution in [-0.4, -0.2) is 0 Å². The van der Waals surface area contributed by atoms with Crippen LogP contribution in [0.2, 0.25) is 0 Å². The highest BCUT2D eigenvalue weighted by molar-refractivity contribution is 5.47. The van der Waals surface area contributed by atoms with E-state index in [0.717, 1.165) is 43.5 Å². The molecular formula is C32H43N2+. The Labute approximate surface area is 208 Å². The maximum atomic E-state index is 3.81. The summed E-state index contributed by atoms with van der Waals surface area (Å²) in [7, 11) is 0. The number of hydrogen-bond donors (Lipinski definition) is 2. The van der Waals surface area contributed by atoms with Crippen LogP contribution < -0.4 is 10.6 Å². The fourth-order valence-electron chi connectivity index (χ4n) is 3.17. The molecule has 2 rings (SSSR count). The second-order valence-corrected chi connectivity index (χ2v) is 7.96. The van der Waals surface area contributed by atoms with Crippen molar-refractivity contribution in [1.82, 2.24) is 5.32 Å². The standard InChI is InChI=1S/2C16H21N/c1-4-14(5-2)11-12-17-13-16-9-7-15(6-3)8-10-16;1-4-7-15(6-3)12-17-13-16-10-8-14(5-2)9-11-16/h4-5,7-12,17H,1,6,13H2,2-3H3;5-6,8-12,17H,2-4,7,13H2,1H3/p+1/b12-11-,14-5-;15-12-. The molecule has 0 aliphatic heterocycles. The van der Waals surface area contributed by atoms with Crippen molar-refractivity contribution in [2.45, 2.75) is 53.1 Å². The van der Waals surface area contributed by atoms with Crippen LogP contribution in [0, 0.1) is 0 Å². The lowest BCUT2D eigenvalue weighted by molar-refractivity contribution is -0.604. The number of nitrogens with two attached hydrogens (primary N) is 1. The van der Waals surface area contributed by atoms with Crippen LogP contribution in [0.1, 0.15) is 55.9 Å². The van der Waals surface area contributed by atoms with Crippen LogP contribution in [0.3, 0.4) is 0 Å². The van der Waals surface area contributed by atoms with Crippen LogP contribution in [0.15, 0.2) is 116 Å². The van der Waals surface area contributed by atoms with Gasteiger partial charge in [-0.15, -0.1) is 0 Å². The topological polar surface area (TPSA) is 28.6 Å². The van der Waals surface area contributed by atoms with Gasteiger partial charge < -0.3 is 10.6 Å². The Morgan fingerprint density at radius 3 is 2.06 bits per heavy atom. The molecule has 0 unspecified atom stereocenters. The first-order chi connectivity index (χ1) is 16.6. The predicted octanol–water partition coefficient (Wildman–Crippen LogP) is 7.25. The zero-order chi connectivity index (χ0) is 25.0. The monoisotopic (exact) mass is 455 g/mol. The molecule has 0 atom stereocenters. The Hall–Kier alpha value is -3.36. The van der Waals surface area contributed by atoms with Gasteiger partial charge in [0.2, 0.25) is 0 Å². The molecular weight excluding hydrogens is 412 g/mol. The molecule has 2 heteroatoms. The molecule has 0 aliphatic carbocycles. The van der Waals surface area contributed by atoms with Gasteiger partial charge in [0.1, 0.15) is 6.54 Å². The Balaban J connectivity index is 0.000000340. The van der Waals surface area contributed by atoms with E-state index in [2.05, 4.69) is 111 Å². The molecule has 2 aromatic carbocycles. The van der Waals surface area contributed by atoms with Crippen LogP contribution in [0.5, 0.6) is 0 Å². The zero-order valence-electron chi connectivity index (χ0n) is 21.4. The van der Waals surface area contributed by atoms with E-state index < -0.39 is 0 Å². The minimum absolute atomic E-state index is 0.846. The van der Waals surface area contributed by atoms with E-state index in [1.54, 1.807) is 0 Å². The van der Waals surface area contributed by atoms with E-state index >= 15 is 0 Å². The lowest BCUT2D eigenvalue weighted by Crippen LogP contribution is -2.76. The lowest BCUT2D eigenvalue weighted by Gasteiger charge is -2.04. The van der Waals surface area contributed by atoms with Gasteiger partial charge in [-0.2, -0.15) is 0 Å². The fraction of sp³-hybridized carbons (Fsp3) is 0.250. The number of aryl methyl sites for hydroxylation is 1. The first kappa shape index (κ1) is 28.7. The minimum Gasteiger partial charge on any atom is -0.387 e. The third-order valence-corrected chi connectivity index (χ3v) is 5.39. The van der Waals surface area contributed by atoms with Gasteiger partial charge >= 0.3 is 0 Å². The molecule has 0 amide bonds. The highest BCUT2D eigenvalue weighted by atomic mass is 14.8. The van der Waals surface area contributed by atoms with E-state index in [0.29, 0.717) is 0 Å². The highest BCUT2D eigenvalue weighted by Crippen LogP contribution is 2.07. The van der Waals surface area contributed by atoms with Crippen LogP contribution in [-0.2, 0) is 19.5 Å². The quantitative estimate of drug-likeness (QED) is 0.306. The highest BCUT2D eigenvalue weighted by Gasteiger charge is 1.94. The summed E-state index contributed by atoms with van der Waals surface area (Å²) in [4.78, 5) is 0. The summed E-state index contributed by atoms with van der Waals surface area (Å²) in [5, 5.41) is 5.49. The van der Waals surface area contributed by atoms with Gasteiger partial charge in [0.25, 0.3) is 0 Å². The third kappa shape index (κ3) is 12.0. The Morgan fingerprint density at radius 2 is 1.53 bits per heavy atom. The molecule has 0 aliphatic rings. The predicted molar refractivity (Wildman–Crippen MR) is 151 cm³/mol. The fourth-order valence-corrected chi connectivity index (χ4v) is 3.17. The number of nitrogens with one attached hydrogen (secondary N) is 1. The molecule has 0 heterocycles. The molecule has 0 saturated carbocycles. The summed E-state index contributed by atoms with van der Waals surface area (Å²) >= 11 is 0. The van der Waals surface area contributed by atoms with Crippen molar-refractivity contribution >= 4 is 6.08 Å².